The molecule has 0 bridgehead atoms. The number of fused-ring (bicyclic) bond motifs is 3. The van der Waals surface area contributed by atoms with Crippen molar-refractivity contribution in [1.82, 2.24) is 0 Å². The fraction of sp³-hybridized carbons (Fsp3) is 0.0769. The zero-order valence-corrected chi connectivity index (χ0v) is 9.14. The van der Waals surface area contributed by atoms with Gasteiger partial charge in [0.1, 0.15) is 0 Å². The first-order chi connectivity index (χ1) is 6.84. The Morgan fingerprint density at radius 2 is 1.93 bits per heavy atom. The van der Waals surface area contributed by atoms with Crippen LogP contribution in [0.4, 0.5) is 0 Å². The monoisotopic (exact) mass is 243 g/mol. The molecule has 0 nitrogen and oxygen atoms in total. The van der Waals surface area contributed by atoms with Gasteiger partial charge in [0.05, 0.1) is 0 Å². The predicted molar refractivity (Wildman–Crippen MR) is 61.2 cm³/mol. The second-order valence-electron chi connectivity index (χ2n) is 3.55. The molecular weight excluding hydrogens is 236 g/mol. The second-order valence-corrected chi connectivity index (χ2v) is 4.41. The summed E-state index contributed by atoms with van der Waals surface area (Å²) >= 11 is 3.46. The topological polar surface area (TPSA) is 0 Å². The first-order valence-corrected chi connectivity index (χ1v) is 5.42. The van der Waals surface area contributed by atoms with Crippen molar-refractivity contribution in [2.24, 2.45) is 0 Å². The molecule has 0 aromatic heterocycles. The van der Waals surface area contributed by atoms with Gasteiger partial charge in [-0.2, -0.15) is 0 Å². The van der Waals surface area contributed by atoms with Crippen LogP contribution in [0.25, 0.3) is 11.1 Å². The van der Waals surface area contributed by atoms with Crippen LogP contribution in [-0.4, -0.2) is 0 Å². The fourth-order valence-corrected chi connectivity index (χ4v) is 2.38. The van der Waals surface area contributed by atoms with Gasteiger partial charge in [0.15, 0.2) is 0 Å². The maximum absolute atomic E-state index is 3.46. The van der Waals surface area contributed by atoms with E-state index in [1.54, 1.807) is 0 Å². The summed E-state index contributed by atoms with van der Waals surface area (Å²) in [5.74, 6) is 0. The van der Waals surface area contributed by atoms with E-state index in [9.17, 15) is 0 Å². The van der Waals surface area contributed by atoms with Gasteiger partial charge in [0.2, 0.25) is 0 Å². The van der Waals surface area contributed by atoms with Gasteiger partial charge in [-0.05, 0) is 46.9 Å². The third kappa shape index (κ3) is 1.12. The molecule has 0 aliphatic heterocycles. The predicted octanol–water partition coefficient (Wildman–Crippen LogP) is 3.82. The summed E-state index contributed by atoms with van der Waals surface area (Å²) in [5.41, 5.74) is 5.53. The molecule has 0 spiro atoms. The van der Waals surface area contributed by atoms with E-state index in [1.165, 1.54) is 22.3 Å². The second kappa shape index (κ2) is 2.96. The van der Waals surface area contributed by atoms with Gasteiger partial charge in [0, 0.05) is 4.47 Å². The average molecular weight is 244 g/mol. The van der Waals surface area contributed by atoms with Gasteiger partial charge < -0.3 is 0 Å². The molecule has 2 aromatic rings. The Kier molecular flexibility index (Phi) is 1.74. The standard InChI is InChI=1S/C13H8Br/c14-11-6-5-10-7-9-3-1-2-4-12(9)13(10)8-11/h1-5,8H,7H2. The van der Waals surface area contributed by atoms with Crippen molar-refractivity contribution >= 4 is 15.9 Å². The highest BCUT2D eigenvalue weighted by molar-refractivity contribution is 9.10. The third-order valence-electron chi connectivity index (χ3n) is 2.69. The lowest BCUT2D eigenvalue weighted by molar-refractivity contribution is 1.26. The summed E-state index contributed by atoms with van der Waals surface area (Å²) in [6, 6.07) is 16.0. The average Bonchev–Trinajstić information content (AvgIpc) is 2.56. The lowest BCUT2D eigenvalue weighted by Gasteiger charge is -2.00. The molecule has 0 saturated heterocycles. The summed E-state index contributed by atoms with van der Waals surface area (Å²) in [7, 11) is 0. The van der Waals surface area contributed by atoms with E-state index in [-0.39, 0.29) is 0 Å². The van der Waals surface area contributed by atoms with E-state index in [2.05, 4.69) is 58.4 Å². The molecule has 67 valence electrons. The van der Waals surface area contributed by atoms with Gasteiger partial charge >= 0.3 is 0 Å². The van der Waals surface area contributed by atoms with E-state index >= 15 is 0 Å². The van der Waals surface area contributed by atoms with Crippen LogP contribution in [0.3, 0.4) is 0 Å². The van der Waals surface area contributed by atoms with Crippen molar-refractivity contribution in [1.29, 1.82) is 0 Å². The SMILES string of the molecule is Brc1[c]cc2c(c1)-c1ccccc1C2. The van der Waals surface area contributed by atoms with Crippen LogP contribution in [0, 0.1) is 6.07 Å². The number of rotatable bonds is 0. The first kappa shape index (κ1) is 8.25. The molecule has 0 amide bonds. The molecule has 14 heavy (non-hydrogen) atoms. The van der Waals surface area contributed by atoms with Crippen LogP contribution in [0.15, 0.2) is 40.9 Å². The molecule has 1 aliphatic rings. The highest BCUT2D eigenvalue weighted by Gasteiger charge is 2.17. The number of hydrogen-bond acceptors (Lipinski definition) is 0. The molecule has 0 atom stereocenters. The highest BCUT2D eigenvalue weighted by Crippen LogP contribution is 2.37. The Labute approximate surface area is 91.7 Å². The Hall–Kier alpha value is -1.08. The number of hydrogen-bond donors (Lipinski definition) is 0. The summed E-state index contributed by atoms with van der Waals surface area (Å²) in [6.45, 7) is 0. The molecule has 0 saturated carbocycles. The van der Waals surface area contributed by atoms with E-state index < -0.39 is 0 Å². The Balaban J connectivity index is 2.30. The molecule has 2 aromatic carbocycles. The zero-order chi connectivity index (χ0) is 9.54. The lowest BCUT2D eigenvalue weighted by atomic mass is 10.1. The Bertz CT molecular complexity index is 500. The van der Waals surface area contributed by atoms with E-state index in [4.69, 9.17) is 0 Å². The molecule has 1 radical (unpaired) electrons. The Morgan fingerprint density at radius 3 is 2.86 bits per heavy atom. The van der Waals surface area contributed by atoms with Crippen molar-refractivity contribution in [3.05, 3.63) is 58.1 Å². The largest absolute Gasteiger partial charge is 0.0619 e. The highest BCUT2D eigenvalue weighted by atomic mass is 79.9. The van der Waals surface area contributed by atoms with Crippen LogP contribution in [0.2, 0.25) is 0 Å². The van der Waals surface area contributed by atoms with Gasteiger partial charge in [-0.1, -0.05) is 40.2 Å². The van der Waals surface area contributed by atoms with E-state index in [0.717, 1.165) is 10.9 Å². The molecule has 1 heteroatoms. The van der Waals surface area contributed by atoms with E-state index in [0.29, 0.717) is 0 Å². The molecular formula is C13H8Br. The number of benzene rings is 2. The van der Waals surface area contributed by atoms with Gasteiger partial charge in [0.25, 0.3) is 0 Å². The molecule has 0 N–H and O–H groups in total. The number of halogens is 1. The first-order valence-electron chi connectivity index (χ1n) is 4.63. The minimum Gasteiger partial charge on any atom is -0.0619 e. The zero-order valence-electron chi connectivity index (χ0n) is 7.55. The summed E-state index contributed by atoms with van der Waals surface area (Å²) < 4.78 is 1.04. The summed E-state index contributed by atoms with van der Waals surface area (Å²) in [5, 5.41) is 0. The van der Waals surface area contributed by atoms with Crippen LogP contribution >= 0.6 is 15.9 Å². The van der Waals surface area contributed by atoms with Crippen molar-refractivity contribution in [3.8, 4) is 11.1 Å². The minimum atomic E-state index is 1.04. The van der Waals surface area contributed by atoms with Crippen LogP contribution in [0.1, 0.15) is 11.1 Å². The van der Waals surface area contributed by atoms with Crippen LogP contribution in [-0.2, 0) is 6.42 Å². The van der Waals surface area contributed by atoms with Crippen LogP contribution in [0.5, 0.6) is 0 Å². The van der Waals surface area contributed by atoms with Crippen molar-refractivity contribution in [2.75, 3.05) is 0 Å². The molecule has 0 heterocycles. The van der Waals surface area contributed by atoms with Gasteiger partial charge in [-0.25, -0.2) is 0 Å². The van der Waals surface area contributed by atoms with E-state index in [1.807, 2.05) is 0 Å². The maximum atomic E-state index is 3.46. The fourth-order valence-electron chi connectivity index (χ4n) is 2.03. The maximum Gasteiger partial charge on any atom is 0.0260 e. The van der Waals surface area contributed by atoms with Crippen molar-refractivity contribution in [2.45, 2.75) is 6.42 Å². The minimum absolute atomic E-state index is 1.04. The summed E-state index contributed by atoms with van der Waals surface area (Å²) in [6.07, 6.45) is 1.05. The van der Waals surface area contributed by atoms with Gasteiger partial charge in [-0.3, -0.25) is 0 Å². The van der Waals surface area contributed by atoms with Crippen molar-refractivity contribution < 1.29 is 0 Å². The smallest absolute Gasteiger partial charge is 0.0260 e. The van der Waals surface area contributed by atoms with Gasteiger partial charge in [-0.15, -0.1) is 0 Å². The summed E-state index contributed by atoms with van der Waals surface area (Å²) in [4.78, 5) is 0. The van der Waals surface area contributed by atoms with Crippen molar-refractivity contribution in [3.63, 3.8) is 0 Å². The quantitative estimate of drug-likeness (QED) is 0.564. The van der Waals surface area contributed by atoms with Crippen LogP contribution < -0.4 is 0 Å². The Morgan fingerprint density at radius 1 is 1.07 bits per heavy atom. The molecule has 3 rings (SSSR count). The normalized spacial score (nSPS) is 12.4. The third-order valence-corrected chi connectivity index (χ3v) is 3.15. The molecule has 0 fully saturated rings. The lowest BCUT2D eigenvalue weighted by Crippen LogP contribution is -1.78. The molecule has 1 aliphatic carbocycles. The molecule has 0 unspecified atom stereocenters.